The Morgan fingerprint density at radius 3 is 2.40 bits per heavy atom. The SMILES string of the molecule is COc1ccc(C(=O)O[C@H]2C[C@@H]3CC(OC)[C@H](C2)[N+]3(C)C)cc1OC. The smallest absolute Gasteiger partial charge is 0.338 e. The molecule has 1 unspecified atom stereocenters. The van der Waals surface area contributed by atoms with Gasteiger partial charge in [0.05, 0.1) is 39.9 Å². The van der Waals surface area contributed by atoms with Gasteiger partial charge in [-0.25, -0.2) is 4.79 Å². The third-order valence-corrected chi connectivity index (χ3v) is 5.96. The van der Waals surface area contributed by atoms with Crippen LogP contribution in [0.2, 0.25) is 0 Å². The normalized spacial score (nSPS) is 30.0. The van der Waals surface area contributed by atoms with Gasteiger partial charge in [-0.1, -0.05) is 0 Å². The highest BCUT2D eigenvalue weighted by molar-refractivity contribution is 5.90. The van der Waals surface area contributed by atoms with Gasteiger partial charge in [0.2, 0.25) is 0 Å². The molecule has 0 saturated carbocycles. The first-order chi connectivity index (χ1) is 11.9. The number of hydrogen-bond acceptors (Lipinski definition) is 5. The van der Waals surface area contributed by atoms with Crippen molar-refractivity contribution in [3.05, 3.63) is 23.8 Å². The Labute approximate surface area is 149 Å². The molecule has 0 aromatic heterocycles. The van der Waals surface area contributed by atoms with Crippen LogP contribution in [0.15, 0.2) is 18.2 Å². The van der Waals surface area contributed by atoms with Crippen LogP contribution in [0.3, 0.4) is 0 Å². The Morgan fingerprint density at radius 1 is 1.04 bits per heavy atom. The standard InChI is InChI=1S/C19H28NO5/c1-20(2)13-9-14(11-15(20)17(10-13)23-4)25-19(21)12-6-7-16(22-3)18(8-12)24-5/h6-8,13-15,17H,9-11H2,1-5H3/q+1/t13-,14+,15+,17?/m1/s1. The van der Waals surface area contributed by atoms with Crippen LogP contribution in [0.1, 0.15) is 29.6 Å². The van der Waals surface area contributed by atoms with Crippen LogP contribution < -0.4 is 9.47 Å². The predicted molar refractivity (Wildman–Crippen MR) is 93.1 cm³/mol. The molecule has 6 heteroatoms. The zero-order valence-electron chi connectivity index (χ0n) is 15.7. The lowest BCUT2D eigenvalue weighted by Gasteiger charge is -2.44. The van der Waals surface area contributed by atoms with E-state index in [4.69, 9.17) is 18.9 Å². The largest absolute Gasteiger partial charge is 0.493 e. The molecule has 25 heavy (non-hydrogen) atoms. The van der Waals surface area contributed by atoms with Gasteiger partial charge in [0, 0.05) is 26.4 Å². The van der Waals surface area contributed by atoms with Crippen molar-refractivity contribution in [2.24, 2.45) is 0 Å². The first kappa shape index (κ1) is 18.0. The molecule has 2 bridgehead atoms. The fraction of sp³-hybridized carbons (Fsp3) is 0.632. The van der Waals surface area contributed by atoms with Crippen LogP contribution >= 0.6 is 0 Å². The van der Waals surface area contributed by atoms with E-state index in [9.17, 15) is 4.79 Å². The van der Waals surface area contributed by atoms with Crippen LogP contribution in [0, 0.1) is 0 Å². The van der Waals surface area contributed by atoms with Crippen molar-refractivity contribution in [1.29, 1.82) is 0 Å². The summed E-state index contributed by atoms with van der Waals surface area (Å²) in [7, 11) is 9.40. The van der Waals surface area contributed by atoms with E-state index in [0.29, 0.717) is 29.1 Å². The molecule has 2 aliphatic rings. The Kier molecular flexibility index (Phi) is 4.93. The molecule has 1 aromatic rings. The van der Waals surface area contributed by atoms with E-state index in [1.165, 1.54) is 0 Å². The van der Waals surface area contributed by atoms with Gasteiger partial charge in [0.25, 0.3) is 0 Å². The van der Waals surface area contributed by atoms with Gasteiger partial charge in [0.15, 0.2) is 11.5 Å². The minimum Gasteiger partial charge on any atom is -0.493 e. The molecule has 0 N–H and O–H groups in total. The average molecular weight is 350 g/mol. The lowest BCUT2D eigenvalue weighted by Crippen LogP contribution is -2.57. The van der Waals surface area contributed by atoms with E-state index in [-0.39, 0.29) is 18.2 Å². The average Bonchev–Trinajstić information content (AvgIpc) is 2.76. The maximum atomic E-state index is 12.6. The highest BCUT2D eigenvalue weighted by atomic mass is 16.5. The second-order valence-corrected chi connectivity index (χ2v) is 7.43. The highest BCUT2D eigenvalue weighted by Crippen LogP contribution is 2.42. The molecule has 0 spiro atoms. The molecule has 0 aliphatic carbocycles. The first-order valence-electron chi connectivity index (χ1n) is 8.69. The van der Waals surface area contributed by atoms with Gasteiger partial charge in [-0.15, -0.1) is 0 Å². The second kappa shape index (κ2) is 6.84. The van der Waals surface area contributed by atoms with E-state index < -0.39 is 0 Å². The van der Waals surface area contributed by atoms with Crippen molar-refractivity contribution in [2.45, 2.75) is 43.6 Å². The van der Waals surface area contributed by atoms with E-state index in [1.54, 1.807) is 39.5 Å². The van der Waals surface area contributed by atoms with Crippen LogP contribution in [-0.2, 0) is 9.47 Å². The maximum Gasteiger partial charge on any atom is 0.338 e. The summed E-state index contributed by atoms with van der Waals surface area (Å²) in [6.45, 7) is 0. The van der Waals surface area contributed by atoms with Crippen molar-refractivity contribution in [3.8, 4) is 11.5 Å². The summed E-state index contributed by atoms with van der Waals surface area (Å²) in [5, 5.41) is 0. The van der Waals surface area contributed by atoms with Crippen LogP contribution in [-0.4, -0.2) is 70.2 Å². The van der Waals surface area contributed by atoms with Crippen molar-refractivity contribution in [2.75, 3.05) is 35.4 Å². The van der Waals surface area contributed by atoms with Crippen LogP contribution in [0.4, 0.5) is 0 Å². The molecule has 4 atom stereocenters. The summed E-state index contributed by atoms with van der Waals surface area (Å²) >= 11 is 0. The lowest BCUT2D eigenvalue weighted by molar-refractivity contribution is -0.932. The fourth-order valence-electron chi connectivity index (χ4n) is 4.39. The summed E-state index contributed by atoms with van der Waals surface area (Å²) in [6.07, 6.45) is 2.91. The minimum atomic E-state index is -0.313. The number of piperidine rings is 1. The number of carbonyl (C=O) groups is 1. The summed E-state index contributed by atoms with van der Waals surface area (Å²) in [5.74, 6) is 0.807. The number of nitrogens with zero attached hydrogens (tertiary/aromatic N) is 1. The van der Waals surface area contributed by atoms with Crippen molar-refractivity contribution < 1.29 is 28.2 Å². The number of hydrogen-bond donors (Lipinski definition) is 0. The summed E-state index contributed by atoms with van der Waals surface area (Å²) < 4.78 is 22.9. The highest BCUT2D eigenvalue weighted by Gasteiger charge is 2.55. The Hall–Kier alpha value is -1.79. The number of benzene rings is 1. The second-order valence-electron chi connectivity index (χ2n) is 7.43. The van der Waals surface area contributed by atoms with Gasteiger partial charge in [-0.2, -0.15) is 0 Å². The number of carbonyl (C=O) groups excluding carboxylic acids is 1. The number of rotatable bonds is 5. The van der Waals surface area contributed by atoms with Crippen LogP contribution in [0.5, 0.6) is 11.5 Å². The van der Waals surface area contributed by atoms with Gasteiger partial charge in [-0.3, -0.25) is 0 Å². The molecule has 6 nitrogen and oxygen atoms in total. The number of fused-ring (bicyclic) bond motifs is 2. The summed E-state index contributed by atoms with van der Waals surface area (Å²) in [4.78, 5) is 12.6. The molecular formula is C19H28NO5+. The number of methoxy groups -OCH3 is 3. The summed E-state index contributed by atoms with van der Waals surface area (Å²) in [6, 6.07) is 5.93. The molecule has 2 aliphatic heterocycles. The molecule has 2 saturated heterocycles. The van der Waals surface area contributed by atoms with Gasteiger partial charge < -0.3 is 23.4 Å². The number of ether oxygens (including phenoxy) is 4. The molecule has 1 aromatic carbocycles. The van der Waals surface area contributed by atoms with Gasteiger partial charge >= 0.3 is 5.97 Å². The van der Waals surface area contributed by atoms with E-state index >= 15 is 0 Å². The van der Waals surface area contributed by atoms with Gasteiger partial charge in [0.1, 0.15) is 18.2 Å². The van der Waals surface area contributed by atoms with Crippen LogP contribution in [0.25, 0.3) is 0 Å². The zero-order chi connectivity index (χ0) is 18.2. The van der Waals surface area contributed by atoms with Gasteiger partial charge in [-0.05, 0) is 18.2 Å². The minimum absolute atomic E-state index is 0.0677. The van der Waals surface area contributed by atoms with E-state index in [0.717, 1.165) is 23.7 Å². The molecule has 2 fully saturated rings. The lowest BCUT2D eigenvalue weighted by atomic mass is 9.97. The molecule has 0 amide bonds. The molecular weight excluding hydrogens is 322 g/mol. The third-order valence-electron chi connectivity index (χ3n) is 5.96. The van der Waals surface area contributed by atoms with Crippen molar-refractivity contribution in [3.63, 3.8) is 0 Å². The van der Waals surface area contributed by atoms with Crippen molar-refractivity contribution in [1.82, 2.24) is 0 Å². The monoisotopic (exact) mass is 350 g/mol. The number of likely N-dealkylation sites (N-methyl/N-ethyl adjacent to an activating group) is 1. The quantitative estimate of drug-likeness (QED) is 0.602. The van der Waals surface area contributed by atoms with E-state index in [1.807, 2.05) is 0 Å². The topological polar surface area (TPSA) is 54.0 Å². The first-order valence-corrected chi connectivity index (χ1v) is 8.69. The van der Waals surface area contributed by atoms with Crippen molar-refractivity contribution >= 4 is 5.97 Å². The molecule has 2 heterocycles. The molecule has 138 valence electrons. The Balaban J connectivity index is 1.70. The third kappa shape index (κ3) is 3.20. The number of quaternary nitrogens is 1. The number of esters is 1. The molecule has 3 rings (SSSR count). The zero-order valence-corrected chi connectivity index (χ0v) is 15.7. The fourth-order valence-corrected chi connectivity index (χ4v) is 4.39. The Bertz CT molecular complexity index is 645. The predicted octanol–water partition coefficient (Wildman–Crippen LogP) is 2.26. The summed E-state index contributed by atoms with van der Waals surface area (Å²) in [5.41, 5.74) is 0.479. The van der Waals surface area contributed by atoms with E-state index in [2.05, 4.69) is 14.1 Å². The Morgan fingerprint density at radius 2 is 1.76 bits per heavy atom. The maximum absolute atomic E-state index is 12.6. The molecule has 0 radical (unpaired) electrons.